The smallest absolute Gasteiger partial charge is 0.254 e. The summed E-state index contributed by atoms with van der Waals surface area (Å²) >= 11 is 0. The minimum atomic E-state index is -3.96. The van der Waals surface area contributed by atoms with E-state index >= 15 is 0 Å². The number of hydrogen-bond acceptors (Lipinski definition) is 3. The second-order valence-electron chi connectivity index (χ2n) is 5.05. The number of carbonyl (C=O) groups excluding carboxylic acids is 1. The van der Waals surface area contributed by atoms with Crippen LogP contribution in [-0.2, 0) is 10.0 Å². The highest BCUT2D eigenvalue weighted by atomic mass is 32.2. The fourth-order valence-electron chi connectivity index (χ4n) is 2.40. The second-order valence-corrected chi connectivity index (χ2v) is 6.61. The predicted molar refractivity (Wildman–Crippen MR) is 72.1 cm³/mol. The molecule has 110 valence electrons. The molecule has 0 heterocycles. The zero-order chi connectivity index (χ0) is 14.8. The maximum absolute atomic E-state index is 13.8. The van der Waals surface area contributed by atoms with Gasteiger partial charge in [-0.3, -0.25) is 4.79 Å². The Balaban J connectivity index is 2.06. The van der Waals surface area contributed by atoms with Crippen LogP contribution in [0.25, 0.3) is 0 Å². The Bertz CT molecular complexity index is 610. The first kappa shape index (κ1) is 14.9. The molecule has 1 fully saturated rings. The number of nitrogens with one attached hydrogen (secondary N) is 1. The van der Waals surface area contributed by atoms with Crippen molar-refractivity contribution < 1.29 is 17.6 Å². The van der Waals surface area contributed by atoms with Crippen LogP contribution in [0.15, 0.2) is 23.1 Å². The average Bonchev–Trinajstić information content (AvgIpc) is 2.87. The number of amides is 1. The van der Waals surface area contributed by atoms with Crippen molar-refractivity contribution in [2.45, 2.75) is 30.6 Å². The predicted octanol–water partition coefficient (Wildman–Crippen LogP) is 1.39. The normalized spacial score (nSPS) is 16.3. The third-order valence-corrected chi connectivity index (χ3v) is 4.45. The van der Waals surface area contributed by atoms with E-state index in [1.165, 1.54) is 0 Å². The van der Waals surface area contributed by atoms with Gasteiger partial charge in [0, 0.05) is 6.54 Å². The molecule has 0 unspecified atom stereocenters. The van der Waals surface area contributed by atoms with Crippen molar-refractivity contribution in [2.75, 3.05) is 6.54 Å². The lowest BCUT2D eigenvalue weighted by molar-refractivity contribution is 0.0943. The van der Waals surface area contributed by atoms with Crippen LogP contribution in [0.2, 0.25) is 0 Å². The third kappa shape index (κ3) is 3.55. The lowest BCUT2D eigenvalue weighted by Gasteiger charge is -2.11. The molecule has 1 amide bonds. The number of nitrogens with two attached hydrogens (primary N) is 1. The summed E-state index contributed by atoms with van der Waals surface area (Å²) in [6.45, 7) is 0.523. The van der Waals surface area contributed by atoms with E-state index in [-0.39, 0.29) is 10.5 Å². The molecule has 1 aromatic carbocycles. The minimum Gasteiger partial charge on any atom is -0.352 e. The Morgan fingerprint density at radius 3 is 2.55 bits per heavy atom. The summed E-state index contributed by atoms with van der Waals surface area (Å²) in [6.07, 6.45) is 4.48. The highest BCUT2D eigenvalue weighted by Gasteiger charge is 2.19. The van der Waals surface area contributed by atoms with Gasteiger partial charge < -0.3 is 5.32 Å². The molecule has 1 aromatic rings. The van der Waals surface area contributed by atoms with Gasteiger partial charge in [0.15, 0.2) is 0 Å². The molecule has 0 saturated heterocycles. The molecular formula is C13H17FN2O3S. The standard InChI is InChI=1S/C13H17FN2O3S/c14-12-7-10(20(15,18)19)5-6-11(12)13(17)16-8-9-3-1-2-4-9/h5-7,9H,1-4,8H2,(H,16,17)(H2,15,18,19). The molecule has 0 aliphatic heterocycles. The summed E-state index contributed by atoms with van der Waals surface area (Å²) in [4.78, 5) is 11.5. The van der Waals surface area contributed by atoms with Gasteiger partial charge in [0.05, 0.1) is 10.5 Å². The highest BCUT2D eigenvalue weighted by Crippen LogP contribution is 2.24. The van der Waals surface area contributed by atoms with Gasteiger partial charge in [0.1, 0.15) is 5.82 Å². The van der Waals surface area contributed by atoms with E-state index in [0.717, 1.165) is 43.9 Å². The van der Waals surface area contributed by atoms with Crippen LogP contribution in [0.3, 0.4) is 0 Å². The summed E-state index contributed by atoms with van der Waals surface area (Å²) in [7, 11) is -3.96. The molecule has 0 radical (unpaired) electrons. The minimum absolute atomic E-state index is 0.171. The number of hydrogen-bond donors (Lipinski definition) is 2. The first-order chi connectivity index (χ1) is 9.38. The topological polar surface area (TPSA) is 89.3 Å². The van der Waals surface area contributed by atoms with Gasteiger partial charge in [-0.15, -0.1) is 0 Å². The molecule has 7 heteroatoms. The van der Waals surface area contributed by atoms with Gasteiger partial charge in [-0.05, 0) is 37.0 Å². The van der Waals surface area contributed by atoms with Crippen LogP contribution in [0.5, 0.6) is 0 Å². The molecule has 5 nitrogen and oxygen atoms in total. The van der Waals surface area contributed by atoms with Gasteiger partial charge in [0.2, 0.25) is 10.0 Å². The van der Waals surface area contributed by atoms with Crippen LogP contribution in [0, 0.1) is 11.7 Å². The van der Waals surface area contributed by atoms with Gasteiger partial charge in [-0.2, -0.15) is 0 Å². The fourth-order valence-corrected chi connectivity index (χ4v) is 2.93. The van der Waals surface area contributed by atoms with E-state index in [4.69, 9.17) is 5.14 Å². The molecular weight excluding hydrogens is 283 g/mol. The summed E-state index contributed by atoms with van der Waals surface area (Å²) < 4.78 is 35.9. The summed E-state index contributed by atoms with van der Waals surface area (Å²) in [5.74, 6) is -0.971. The molecule has 0 atom stereocenters. The molecule has 1 aliphatic carbocycles. The van der Waals surface area contributed by atoms with Crippen LogP contribution < -0.4 is 10.5 Å². The van der Waals surface area contributed by atoms with E-state index in [1.807, 2.05) is 0 Å². The number of rotatable bonds is 4. The van der Waals surface area contributed by atoms with Crippen LogP contribution in [0.1, 0.15) is 36.0 Å². The third-order valence-electron chi connectivity index (χ3n) is 3.54. The van der Waals surface area contributed by atoms with Crippen molar-refractivity contribution >= 4 is 15.9 Å². The van der Waals surface area contributed by atoms with Crippen LogP contribution in [-0.4, -0.2) is 20.9 Å². The highest BCUT2D eigenvalue weighted by molar-refractivity contribution is 7.89. The number of benzene rings is 1. The largest absolute Gasteiger partial charge is 0.352 e. The molecule has 1 saturated carbocycles. The zero-order valence-corrected chi connectivity index (χ0v) is 11.7. The summed E-state index contributed by atoms with van der Waals surface area (Å²) in [5, 5.41) is 7.58. The number of primary sulfonamides is 1. The molecule has 0 aromatic heterocycles. The Morgan fingerprint density at radius 2 is 2.00 bits per heavy atom. The molecule has 1 aliphatic rings. The number of carbonyl (C=O) groups is 1. The van der Waals surface area contributed by atoms with Gasteiger partial charge >= 0.3 is 0 Å². The maximum Gasteiger partial charge on any atom is 0.254 e. The quantitative estimate of drug-likeness (QED) is 0.880. The molecule has 0 spiro atoms. The number of halogens is 1. The Labute approximate surface area is 117 Å². The van der Waals surface area contributed by atoms with Crippen LogP contribution >= 0.6 is 0 Å². The lowest BCUT2D eigenvalue weighted by atomic mass is 10.1. The van der Waals surface area contributed by atoms with Gasteiger partial charge in [-0.1, -0.05) is 12.8 Å². The van der Waals surface area contributed by atoms with E-state index in [1.54, 1.807) is 0 Å². The van der Waals surface area contributed by atoms with Crippen LogP contribution in [0.4, 0.5) is 4.39 Å². The Kier molecular flexibility index (Phi) is 4.39. The Hall–Kier alpha value is -1.47. The van der Waals surface area contributed by atoms with Crippen molar-refractivity contribution in [2.24, 2.45) is 11.1 Å². The second kappa shape index (κ2) is 5.88. The van der Waals surface area contributed by atoms with E-state index in [2.05, 4.69) is 5.32 Å². The van der Waals surface area contributed by atoms with E-state index in [0.29, 0.717) is 12.5 Å². The summed E-state index contributed by atoms with van der Waals surface area (Å²) in [5.41, 5.74) is -0.171. The van der Waals surface area contributed by atoms with Crippen molar-refractivity contribution in [3.05, 3.63) is 29.6 Å². The molecule has 20 heavy (non-hydrogen) atoms. The van der Waals surface area contributed by atoms with Crippen molar-refractivity contribution in [1.82, 2.24) is 5.32 Å². The van der Waals surface area contributed by atoms with E-state index < -0.39 is 21.7 Å². The Morgan fingerprint density at radius 1 is 1.35 bits per heavy atom. The molecule has 0 bridgehead atoms. The molecule has 3 N–H and O–H groups in total. The lowest BCUT2D eigenvalue weighted by Crippen LogP contribution is -2.29. The monoisotopic (exact) mass is 300 g/mol. The fraction of sp³-hybridized carbons (Fsp3) is 0.462. The zero-order valence-electron chi connectivity index (χ0n) is 10.9. The van der Waals surface area contributed by atoms with Gasteiger partial charge in [0.25, 0.3) is 5.91 Å². The van der Waals surface area contributed by atoms with Crippen molar-refractivity contribution in [3.63, 3.8) is 0 Å². The maximum atomic E-state index is 13.8. The SMILES string of the molecule is NS(=O)(=O)c1ccc(C(=O)NCC2CCCC2)c(F)c1. The first-order valence-corrected chi connectivity index (χ1v) is 8.03. The molecule has 2 rings (SSSR count). The average molecular weight is 300 g/mol. The van der Waals surface area contributed by atoms with Gasteiger partial charge in [-0.25, -0.2) is 17.9 Å². The van der Waals surface area contributed by atoms with Crippen molar-refractivity contribution in [1.29, 1.82) is 0 Å². The van der Waals surface area contributed by atoms with Crippen molar-refractivity contribution in [3.8, 4) is 0 Å². The first-order valence-electron chi connectivity index (χ1n) is 6.48. The van der Waals surface area contributed by atoms with E-state index in [9.17, 15) is 17.6 Å². The summed E-state index contributed by atoms with van der Waals surface area (Å²) in [6, 6.07) is 3.03. The number of sulfonamides is 1.